The number of rotatable bonds is 6. The molecule has 0 spiro atoms. The van der Waals surface area contributed by atoms with E-state index in [1.165, 1.54) is 6.08 Å². The normalized spacial score (nSPS) is 11.2. The summed E-state index contributed by atoms with van der Waals surface area (Å²) in [5.74, 6) is -0.358. The van der Waals surface area contributed by atoms with Gasteiger partial charge in [-0.05, 0) is 30.7 Å². The Morgan fingerprint density at radius 1 is 1.21 bits per heavy atom. The Morgan fingerprint density at radius 2 is 2.00 bits per heavy atom. The van der Waals surface area contributed by atoms with E-state index in [1.54, 1.807) is 6.08 Å². The van der Waals surface area contributed by atoms with Gasteiger partial charge in [0.1, 0.15) is 11.3 Å². The highest BCUT2D eigenvalue weighted by Crippen LogP contribution is 2.19. The molecule has 19 heavy (non-hydrogen) atoms. The van der Waals surface area contributed by atoms with Crippen molar-refractivity contribution in [3.05, 3.63) is 42.2 Å². The fraction of sp³-hybridized carbons (Fsp3) is 0.200. The van der Waals surface area contributed by atoms with Crippen LogP contribution < -0.4 is 0 Å². The molecule has 2 aromatic rings. The summed E-state index contributed by atoms with van der Waals surface area (Å²) in [5, 5.41) is 9.46. The van der Waals surface area contributed by atoms with Crippen LogP contribution in [0.2, 0.25) is 0 Å². The Hall–Kier alpha value is -2.36. The monoisotopic (exact) mass is 258 g/mol. The summed E-state index contributed by atoms with van der Waals surface area (Å²) in [6.45, 7) is 0. The van der Waals surface area contributed by atoms with Crippen LogP contribution >= 0.6 is 0 Å². The number of ketones is 1. The molecule has 2 rings (SSSR count). The van der Waals surface area contributed by atoms with Gasteiger partial charge in [-0.1, -0.05) is 18.2 Å². The van der Waals surface area contributed by atoms with Crippen molar-refractivity contribution >= 4 is 28.8 Å². The molecule has 4 nitrogen and oxygen atoms in total. The zero-order valence-electron chi connectivity index (χ0n) is 10.3. The number of furan rings is 1. The smallest absolute Gasteiger partial charge is 0.303 e. The first kappa shape index (κ1) is 13.1. The molecule has 0 aliphatic rings. The van der Waals surface area contributed by atoms with Crippen molar-refractivity contribution in [3.63, 3.8) is 0 Å². The molecule has 0 amide bonds. The van der Waals surface area contributed by atoms with Gasteiger partial charge in [0.05, 0.1) is 0 Å². The number of carbonyl (C=O) groups excluding carboxylic acids is 1. The Kier molecular flexibility index (Phi) is 4.13. The van der Waals surface area contributed by atoms with Crippen molar-refractivity contribution in [1.29, 1.82) is 0 Å². The van der Waals surface area contributed by atoms with Crippen LogP contribution in [-0.2, 0) is 9.59 Å². The zero-order valence-corrected chi connectivity index (χ0v) is 10.3. The maximum absolute atomic E-state index is 11.5. The second-order valence-electron chi connectivity index (χ2n) is 4.23. The molecule has 0 radical (unpaired) electrons. The number of aliphatic carboxylic acids is 1. The minimum Gasteiger partial charge on any atom is -0.481 e. The molecule has 0 fully saturated rings. The number of carboxylic acids is 1. The van der Waals surface area contributed by atoms with E-state index in [-0.39, 0.29) is 18.6 Å². The van der Waals surface area contributed by atoms with Gasteiger partial charge in [-0.2, -0.15) is 0 Å². The first-order valence-corrected chi connectivity index (χ1v) is 6.06. The summed E-state index contributed by atoms with van der Waals surface area (Å²) in [5.41, 5.74) is 0.778. The summed E-state index contributed by atoms with van der Waals surface area (Å²) in [6, 6.07) is 9.46. The predicted octanol–water partition coefficient (Wildman–Crippen LogP) is 3.27. The van der Waals surface area contributed by atoms with Crippen LogP contribution in [0.25, 0.3) is 17.0 Å². The van der Waals surface area contributed by atoms with Crippen molar-refractivity contribution < 1.29 is 19.1 Å². The summed E-state index contributed by atoms with van der Waals surface area (Å²) in [4.78, 5) is 21.8. The average Bonchev–Trinajstić information content (AvgIpc) is 2.78. The van der Waals surface area contributed by atoms with Crippen molar-refractivity contribution in [1.82, 2.24) is 0 Å². The van der Waals surface area contributed by atoms with E-state index >= 15 is 0 Å². The number of carbonyl (C=O) groups is 2. The Bertz CT molecular complexity index is 589. The van der Waals surface area contributed by atoms with Gasteiger partial charge < -0.3 is 9.52 Å². The highest BCUT2D eigenvalue weighted by molar-refractivity contribution is 5.94. The van der Waals surface area contributed by atoms with Gasteiger partial charge in [0.25, 0.3) is 0 Å². The topological polar surface area (TPSA) is 67.5 Å². The van der Waals surface area contributed by atoms with Crippen molar-refractivity contribution in [3.8, 4) is 0 Å². The van der Waals surface area contributed by atoms with Gasteiger partial charge in [-0.3, -0.25) is 9.59 Å². The lowest BCUT2D eigenvalue weighted by atomic mass is 10.1. The number of hydrogen-bond acceptors (Lipinski definition) is 3. The molecule has 1 aromatic heterocycles. The van der Waals surface area contributed by atoms with Gasteiger partial charge >= 0.3 is 5.97 Å². The number of carboxylic acid groups (broad SMARTS) is 1. The van der Waals surface area contributed by atoms with Crippen LogP contribution in [-0.4, -0.2) is 16.9 Å². The minimum atomic E-state index is -0.880. The number of fused-ring (bicyclic) bond motifs is 1. The molecule has 0 saturated carbocycles. The van der Waals surface area contributed by atoms with Crippen LogP contribution in [0.3, 0.4) is 0 Å². The predicted molar refractivity (Wildman–Crippen MR) is 71.7 cm³/mol. The van der Waals surface area contributed by atoms with Crippen molar-refractivity contribution in [2.75, 3.05) is 0 Å². The number of benzene rings is 1. The molecule has 0 atom stereocenters. The SMILES string of the molecule is O=C(O)CCCC(=O)/C=C/c1cc2ccccc2o1. The fourth-order valence-electron chi connectivity index (χ4n) is 1.76. The third-order valence-electron chi connectivity index (χ3n) is 2.69. The van der Waals surface area contributed by atoms with E-state index in [0.717, 1.165) is 11.0 Å². The Morgan fingerprint density at radius 3 is 2.74 bits per heavy atom. The number of allylic oxidation sites excluding steroid dienone is 1. The van der Waals surface area contributed by atoms with Gasteiger partial charge in [0, 0.05) is 18.2 Å². The molecule has 0 unspecified atom stereocenters. The van der Waals surface area contributed by atoms with E-state index in [2.05, 4.69) is 0 Å². The standard InChI is InChI=1S/C15H14O4/c16-12(5-3-7-15(17)18)8-9-13-10-11-4-1-2-6-14(11)19-13/h1-2,4,6,8-10H,3,5,7H2,(H,17,18)/b9-8+. The molecule has 0 aliphatic heterocycles. The summed E-state index contributed by atoms with van der Waals surface area (Å²) >= 11 is 0. The van der Waals surface area contributed by atoms with Gasteiger partial charge in [0.15, 0.2) is 5.78 Å². The van der Waals surface area contributed by atoms with Crippen LogP contribution in [0.5, 0.6) is 0 Å². The second kappa shape index (κ2) is 6.00. The van der Waals surface area contributed by atoms with E-state index in [0.29, 0.717) is 12.2 Å². The molecule has 98 valence electrons. The summed E-state index contributed by atoms with van der Waals surface area (Å²) in [6.07, 6.45) is 3.66. The van der Waals surface area contributed by atoms with Gasteiger partial charge in [-0.25, -0.2) is 0 Å². The maximum atomic E-state index is 11.5. The summed E-state index contributed by atoms with van der Waals surface area (Å²) in [7, 11) is 0. The average molecular weight is 258 g/mol. The third-order valence-corrected chi connectivity index (χ3v) is 2.69. The van der Waals surface area contributed by atoms with E-state index < -0.39 is 5.97 Å². The Labute approximate surface area is 110 Å². The summed E-state index contributed by atoms with van der Waals surface area (Å²) < 4.78 is 5.53. The van der Waals surface area contributed by atoms with E-state index in [1.807, 2.05) is 30.3 Å². The lowest BCUT2D eigenvalue weighted by molar-refractivity contribution is -0.137. The molecule has 4 heteroatoms. The first-order chi connectivity index (χ1) is 9.15. The molecule has 1 aromatic carbocycles. The molecule has 0 bridgehead atoms. The molecular formula is C15H14O4. The van der Waals surface area contributed by atoms with Crippen molar-refractivity contribution in [2.24, 2.45) is 0 Å². The lowest BCUT2D eigenvalue weighted by Gasteiger charge is -1.92. The van der Waals surface area contributed by atoms with Gasteiger partial charge in [-0.15, -0.1) is 0 Å². The number of para-hydroxylation sites is 1. The number of hydrogen-bond donors (Lipinski definition) is 1. The quantitative estimate of drug-likeness (QED) is 0.807. The lowest BCUT2D eigenvalue weighted by Crippen LogP contribution is -1.98. The second-order valence-corrected chi connectivity index (χ2v) is 4.23. The molecule has 0 saturated heterocycles. The minimum absolute atomic E-state index is 0.0181. The highest BCUT2D eigenvalue weighted by Gasteiger charge is 2.02. The van der Waals surface area contributed by atoms with E-state index in [4.69, 9.17) is 9.52 Å². The van der Waals surface area contributed by atoms with Crippen LogP contribution in [0.4, 0.5) is 0 Å². The molecule has 1 heterocycles. The highest BCUT2D eigenvalue weighted by atomic mass is 16.4. The van der Waals surface area contributed by atoms with Crippen LogP contribution in [0, 0.1) is 0 Å². The third kappa shape index (κ3) is 3.81. The molecule has 1 N–H and O–H groups in total. The largest absolute Gasteiger partial charge is 0.481 e. The zero-order chi connectivity index (χ0) is 13.7. The van der Waals surface area contributed by atoms with Crippen LogP contribution in [0.15, 0.2) is 40.8 Å². The van der Waals surface area contributed by atoms with Crippen molar-refractivity contribution in [2.45, 2.75) is 19.3 Å². The fourth-order valence-corrected chi connectivity index (χ4v) is 1.76. The maximum Gasteiger partial charge on any atom is 0.303 e. The Balaban J connectivity index is 1.94. The molecular weight excluding hydrogens is 244 g/mol. The van der Waals surface area contributed by atoms with E-state index in [9.17, 15) is 9.59 Å². The van der Waals surface area contributed by atoms with Crippen LogP contribution in [0.1, 0.15) is 25.0 Å². The van der Waals surface area contributed by atoms with Gasteiger partial charge in [0.2, 0.25) is 0 Å². The first-order valence-electron chi connectivity index (χ1n) is 6.06. The molecule has 0 aliphatic carbocycles.